The van der Waals surface area contributed by atoms with Gasteiger partial charge in [0.2, 0.25) is 20.0 Å². The van der Waals surface area contributed by atoms with E-state index in [2.05, 4.69) is 14.9 Å². The van der Waals surface area contributed by atoms with Gasteiger partial charge in [0.15, 0.2) is 5.75 Å². The first-order valence-corrected chi connectivity index (χ1v) is 16.6. The molecule has 1 aliphatic heterocycles. The van der Waals surface area contributed by atoms with Gasteiger partial charge in [-0.3, -0.25) is 13.8 Å². The van der Waals surface area contributed by atoms with Crippen LogP contribution in [0.5, 0.6) is 5.75 Å². The Labute approximate surface area is 235 Å². The number of rotatable bonds is 14. The van der Waals surface area contributed by atoms with Crippen molar-refractivity contribution in [2.75, 3.05) is 52.1 Å². The molecule has 2 aromatic carbocycles. The van der Waals surface area contributed by atoms with Crippen molar-refractivity contribution in [2.24, 2.45) is 0 Å². The summed E-state index contributed by atoms with van der Waals surface area (Å²) in [4.78, 5) is 13.3. The first kappa shape index (κ1) is 31.5. The summed E-state index contributed by atoms with van der Waals surface area (Å²) in [6.45, 7) is 3.89. The van der Waals surface area contributed by atoms with Crippen molar-refractivity contribution in [2.45, 2.75) is 44.8 Å². The number of piperidine rings is 1. The number of phenols is 1. The molecule has 1 fully saturated rings. The summed E-state index contributed by atoms with van der Waals surface area (Å²) in [6.07, 6.45) is 3.07. The summed E-state index contributed by atoms with van der Waals surface area (Å²) in [6, 6.07) is 11.5. The average Bonchev–Trinajstić information content (AvgIpc) is 2.88. The Hall–Kier alpha value is -3.07. The molecule has 0 bridgehead atoms. The van der Waals surface area contributed by atoms with Crippen molar-refractivity contribution in [3.8, 4) is 5.75 Å². The maximum absolute atomic E-state index is 12.6. The van der Waals surface area contributed by atoms with Crippen molar-refractivity contribution in [1.29, 1.82) is 0 Å². The van der Waals surface area contributed by atoms with E-state index in [1.807, 2.05) is 19.1 Å². The van der Waals surface area contributed by atoms with Crippen LogP contribution in [0.2, 0.25) is 0 Å². The smallest absolute Gasteiger partial charge is 0.320 e. The molecule has 1 heterocycles. The molecule has 0 unspecified atom stereocenters. The van der Waals surface area contributed by atoms with Gasteiger partial charge in [-0.2, -0.15) is 0 Å². The van der Waals surface area contributed by atoms with Crippen molar-refractivity contribution in [3.63, 3.8) is 0 Å². The van der Waals surface area contributed by atoms with Crippen molar-refractivity contribution in [3.05, 3.63) is 48.0 Å². The van der Waals surface area contributed by atoms with Gasteiger partial charge in [-0.05, 0) is 61.2 Å². The fourth-order valence-corrected chi connectivity index (χ4v) is 6.46. The van der Waals surface area contributed by atoms with Gasteiger partial charge in [0.1, 0.15) is 5.75 Å². The van der Waals surface area contributed by atoms with E-state index in [9.17, 15) is 31.8 Å². The SMILES string of the molecule is CCCCN(c1ccc(N2CCC(NC[C@@H](O)c3ccc(O)c(NS(C)(=O)=O)c3)CC2)cc1)S(=O)(=O)CC(=O)O. The van der Waals surface area contributed by atoms with E-state index in [0.717, 1.165) is 44.3 Å². The van der Waals surface area contributed by atoms with Crippen LogP contribution in [-0.2, 0) is 24.8 Å². The second-order valence-electron chi connectivity index (χ2n) is 9.93. The van der Waals surface area contributed by atoms with Crippen LogP contribution < -0.4 is 19.2 Å². The van der Waals surface area contributed by atoms with E-state index in [0.29, 0.717) is 17.7 Å². The molecular formula is C26H38N4O8S2. The Kier molecular flexibility index (Phi) is 10.6. The van der Waals surface area contributed by atoms with Crippen LogP contribution in [0.25, 0.3) is 0 Å². The van der Waals surface area contributed by atoms with E-state index >= 15 is 0 Å². The van der Waals surface area contributed by atoms with E-state index in [1.165, 1.54) is 22.5 Å². The number of aliphatic hydroxyl groups is 1. The number of aliphatic carboxylic acids is 1. The van der Waals surface area contributed by atoms with Gasteiger partial charge in [-0.25, -0.2) is 16.8 Å². The molecular weight excluding hydrogens is 560 g/mol. The number of carboxylic acids is 1. The molecule has 14 heteroatoms. The molecule has 0 radical (unpaired) electrons. The van der Waals surface area contributed by atoms with Crippen LogP contribution in [0.3, 0.4) is 0 Å². The summed E-state index contributed by atoms with van der Waals surface area (Å²) in [5, 5.41) is 32.9. The zero-order valence-electron chi connectivity index (χ0n) is 22.7. The standard InChI is InChI=1S/C26H38N4O8S2/c1-3-4-13-30(40(37,38)18-26(33)34)22-8-6-21(7-9-22)29-14-11-20(12-15-29)27-17-25(32)19-5-10-24(31)23(16-19)28-39(2,35)36/h5-10,16,20,25,27-28,31-32H,3-4,11-15,17-18H2,1-2H3,(H,33,34)/t25-/m1/s1. The Morgan fingerprint density at radius 3 is 2.33 bits per heavy atom. The summed E-state index contributed by atoms with van der Waals surface area (Å²) in [5.41, 5.74) is 1.84. The highest BCUT2D eigenvalue weighted by molar-refractivity contribution is 7.93. The molecule has 3 rings (SSSR count). The largest absolute Gasteiger partial charge is 0.506 e. The number of carbonyl (C=O) groups is 1. The van der Waals surface area contributed by atoms with Gasteiger partial charge >= 0.3 is 5.97 Å². The number of benzene rings is 2. The third-order valence-corrected chi connectivity index (χ3v) is 8.92. The van der Waals surface area contributed by atoms with Gasteiger partial charge in [0.25, 0.3) is 0 Å². The molecule has 0 aliphatic carbocycles. The predicted octanol–water partition coefficient (Wildman–Crippen LogP) is 2.08. The fraction of sp³-hybridized carbons (Fsp3) is 0.500. The Morgan fingerprint density at radius 1 is 1.10 bits per heavy atom. The number of unbranched alkanes of at least 4 members (excludes halogenated alkanes) is 1. The Bertz CT molecular complexity index is 1360. The first-order valence-electron chi connectivity index (χ1n) is 13.1. The lowest BCUT2D eigenvalue weighted by atomic mass is 10.0. The topological polar surface area (TPSA) is 177 Å². The Morgan fingerprint density at radius 2 is 1.75 bits per heavy atom. The molecule has 0 amide bonds. The zero-order valence-corrected chi connectivity index (χ0v) is 24.3. The molecule has 12 nitrogen and oxygen atoms in total. The second-order valence-corrected chi connectivity index (χ2v) is 13.6. The third-order valence-electron chi connectivity index (χ3n) is 6.65. The number of nitrogens with zero attached hydrogens (tertiary/aromatic N) is 2. The molecule has 40 heavy (non-hydrogen) atoms. The van der Waals surface area contributed by atoms with Crippen LogP contribution in [-0.4, -0.2) is 82.4 Å². The molecule has 2 aromatic rings. The second kappa shape index (κ2) is 13.5. The number of sulfonamides is 2. The molecule has 0 aromatic heterocycles. The van der Waals surface area contributed by atoms with Gasteiger partial charge in [0.05, 0.1) is 23.7 Å². The van der Waals surface area contributed by atoms with Crippen LogP contribution in [0.1, 0.15) is 44.3 Å². The normalized spacial score (nSPS) is 15.5. The molecule has 222 valence electrons. The lowest BCUT2D eigenvalue weighted by molar-refractivity contribution is -0.134. The lowest BCUT2D eigenvalue weighted by Crippen LogP contribution is -2.43. The van der Waals surface area contributed by atoms with E-state index in [4.69, 9.17) is 5.11 Å². The quantitative estimate of drug-likeness (QED) is 0.202. The van der Waals surface area contributed by atoms with Crippen LogP contribution >= 0.6 is 0 Å². The molecule has 1 atom stereocenters. The first-order chi connectivity index (χ1) is 18.8. The number of hydrogen-bond acceptors (Lipinski definition) is 9. The summed E-state index contributed by atoms with van der Waals surface area (Å²) in [7, 11) is -7.57. The van der Waals surface area contributed by atoms with Crippen molar-refractivity contribution >= 4 is 43.1 Å². The molecule has 1 saturated heterocycles. The number of carboxylic acid groups (broad SMARTS) is 1. The van der Waals surface area contributed by atoms with E-state index in [1.54, 1.807) is 12.1 Å². The summed E-state index contributed by atoms with van der Waals surface area (Å²) in [5.74, 6) is -2.58. The van der Waals surface area contributed by atoms with Crippen molar-refractivity contribution < 1.29 is 36.9 Å². The maximum atomic E-state index is 12.6. The lowest BCUT2D eigenvalue weighted by Gasteiger charge is -2.34. The minimum absolute atomic E-state index is 0.00588. The zero-order chi connectivity index (χ0) is 29.5. The molecule has 1 aliphatic rings. The number of nitrogens with one attached hydrogen (secondary N) is 2. The van der Waals surface area contributed by atoms with Crippen LogP contribution in [0.4, 0.5) is 17.1 Å². The number of anilines is 3. The van der Waals surface area contributed by atoms with E-state index in [-0.39, 0.29) is 30.6 Å². The van der Waals surface area contributed by atoms with Gasteiger partial charge in [0, 0.05) is 37.9 Å². The molecule has 5 N–H and O–H groups in total. The van der Waals surface area contributed by atoms with Gasteiger partial charge < -0.3 is 25.5 Å². The third kappa shape index (κ3) is 8.98. The predicted molar refractivity (Wildman–Crippen MR) is 155 cm³/mol. The fourth-order valence-electron chi connectivity index (χ4n) is 4.57. The number of phenolic OH excluding ortho intramolecular Hbond substituents is 1. The summed E-state index contributed by atoms with van der Waals surface area (Å²) < 4.78 is 51.7. The molecule has 0 saturated carbocycles. The van der Waals surface area contributed by atoms with Crippen LogP contribution in [0.15, 0.2) is 42.5 Å². The Balaban J connectivity index is 1.56. The van der Waals surface area contributed by atoms with Gasteiger partial charge in [-0.1, -0.05) is 19.4 Å². The minimum Gasteiger partial charge on any atom is -0.506 e. The summed E-state index contributed by atoms with van der Waals surface area (Å²) >= 11 is 0. The monoisotopic (exact) mass is 598 g/mol. The maximum Gasteiger partial charge on any atom is 0.320 e. The van der Waals surface area contributed by atoms with E-state index < -0.39 is 37.9 Å². The molecule has 0 spiro atoms. The highest BCUT2D eigenvalue weighted by Crippen LogP contribution is 2.29. The number of aliphatic hydroxyl groups excluding tert-OH is 1. The van der Waals surface area contributed by atoms with Crippen LogP contribution in [0, 0.1) is 0 Å². The van der Waals surface area contributed by atoms with Gasteiger partial charge in [-0.15, -0.1) is 0 Å². The van der Waals surface area contributed by atoms with Crippen molar-refractivity contribution in [1.82, 2.24) is 5.32 Å². The number of aromatic hydroxyl groups is 1. The highest BCUT2D eigenvalue weighted by atomic mass is 32.2. The highest BCUT2D eigenvalue weighted by Gasteiger charge is 2.26. The number of hydrogen-bond donors (Lipinski definition) is 5. The average molecular weight is 599 g/mol. The minimum atomic E-state index is -3.99.